The van der Waals surface area contributed by atoms with Crippen LogP contribution in [-0.4, -0.2) is 6.36 Å². The molecule has 24 heavy (non-hydrogen) atoms. The van der Waals surface area contributed by atoms with Crippen molar-refractivity contribution in [2.24, 2.45) is 17.8 Å². The molecule has 0 aromatic heterocycles. The van der Waals surface area contributed by atoms with Gasteiger partial charge in [0.2, 0.25) is 5.75 Å². The number of alkyl halides is 3. The minimum Gasteiger partial charge on any atom is -0.399 e. The molecule has 2 aliphatic rings. The molecule has 2 aliphatic carbocycles. The number of hydrogen-bond acceptors (Lipinski definition) is 1. The van der Waals surface area contributed by atoms with Crippen LogP contribution in [0.2, 0.25) is 0 Å². The van der Waals surface area contributed by atoms with Gasteiger partial charge in [-0.25, -0.2) is 8.78 Å². The van der Waals surface area contributed by atoms with Crippen molar-refractivity contribution in [1.29, 1.82) is 0 Å². The fraction of sp³-hybridized carbons (Fsp3) is 0.667. The van der Waals surface area contributed by atoms with E-state index < -0.39 is 23.7 Å². The lowest BCUT2D eigenvalue weighted by atomic mass is 9.57. The minimum absolute atomic E-state index is 0.0316. The Hall–Kier alpha value is -1.33. The zero-order chi connectivity index (χ0) is 17.5. The van der Waals surface area contributed by atoms with E-state index in [0.717, 1.165) is 30.9 Å². The SMILES string of the molecule is CCCC1CC(C2CC(c3cc(F)c(OC(F)(F)F)c(F)c3)C2)C1. The van der Waals surface area contributed by atoms with Gasteiger partial charge in [0.1, 0.15) is 0 Å². The maximum absolute atomic E-state index is 13.8. The van der Waals surface area contributed by atoms with Crippen LogP contribution in [0.15, 0.2) is 12.1 Å². The smallest absolute Gasteiger partial charge is 0.399 e. The summed E-state index contributed by atoms with van der Waals surface area (Å²) in [6.45, 7) is 2.18. The molecule has 0 saturated heterocycles. The molecule has 0 radical (unpaired) electrons. The first-order valence-electron chi connectivity index (χ1n) is 8.51. The van der Waals surface area contributed by atoms with Crippen molar-refractivity contribution in [3.63, 3.8) is 0 Å². The van der Waals surface area contributed by atoms with Crippen molar-refractivity contribution in [2.45, 2.75) is 57.7 Å². The van der Waals surface area contributed by atoms with Crippen molar-refractivity contribution >= 4 is 0 Å². The molecule has 134 valence electrons. The average molecular weight is 348 g/mol. The van der Waals surface area contributed by atoms with Gasteiger partial charge in [0.15, 0.2) is 11.6 Å². The molecule has 0 bridgehead atoms. The number of halogens is 5. The maximum Gasteiger partial charge on any atom is 0.573 e. The van der Waals surface area contributed by atoms with Gasteiger partial charge in [0.05, 0.1) is 0 Å². The lowest BCUT2D eigenvalue weighted by Crippen LogP contribution is -2.37. The van der Waals surface area contributed by atoms with Crippen LogP contribution in [0.25, 0.3) is 0 Å². The molecule has 0 amide bonds. The van der Waals surface area contributed by atoms with Crippen LogP contribution >= 0.6 is 0 Å². The van der Waals surface area contributed by atoms with Crippen molar-refractivity contribution in [3.05, 3.63) is 29.3 Å². The van der Waals surface area contributed by atoms with Crippen molar-refractivity contribution in [2.75, 3.05) is 0 Å². The highest BCUT2D eigenvalue weighted by molar-refractivity contribution is 5.34. The molecule has 2 fully saturated rings. The molecule has 0 heterocycles. The van der Waals surface area contributed by atoms with Crippen molar-refractivity contribution in [3.8, 4) is 5.75 Å². The average Bonchev–Trinajstić information content (AvgIpc) is 2.37. The van der Waals surface area contributed by atoms with Gasteiger partial charge in [-0.1, -0.05) is 19.8 Å². The summed E-state index contributed by atoms with van der Waals surface area (Å²) in [4.78, 5) is 0. The number of hydrogen-bond donors (Lipinski definition) is 0. The summed E-state index contributed by atoms with van der Waals surface area (Å²) in [5.41, 5.74) is 0.431. The molecule has 0 atom stereocenters. The Balaban J connectivity index is 1.58. The Morgan fingerprint density at radius 3 is 2.04 bits per heavy atom. The van der Waals surface area contributed by atoms with Crippen LogP contribution in [0.1, 0.15) is 56.9 Å². The first kappa shape index (κ1) is 17.5. The fourth-order valence-electron chi connectivity index (χ4n) is 4.16. The summed E-state index contributed by atoms with van der Waals surface area (Å²) in [7, 11) is 0. The molecule has 0 N–H and O–H groups in total. The first-order valence-corrected chi connectivity index (χ1v) is 8.51. The summed E-state index contributed by atoms with van der Waals surface area (Å²) in [6.07, 6.45) is 1.58. The van der Waals surface area contributed by atoms with Crippen LogP contribution in [-0.2, 0) is 0 Å². The second-order valence-electron chi connectivity index (χ2n) is 7.18. The maximum atomic E-state index is 13.8. The summed E-state index contributed by atoms with van der Waals surface area (Å²) in [5, 5.41) is 0. The lowest BCUT2D eigenvalue weighted by molar-refractivity contribution is -0.276. The van der Waals surface area contributed by atoms with E-state index in [1.165, 1.54) is 25.7 Å². The van der Waals surface area contributed by atoms with Gasteiger partial charge in [0.25, 0.3) is 0 Å². The van der Waals surface area contributed by atoms with Gasteiger partial charge in [-0.3, -0.25) is 0 Å². The second kappa shape index (κ2) is 6.52. The van der Waals surface area contributed by atoms with Gasteiger partial charge in [-0.2, -0.15) is 0 Å². The molecule has 1 aromatic carbocycles. The van der Waals surface area contributed by atoms with Crippen LogP contribution in [0.5, 0.6) is 5.75 Å². The molecule has 0 unspecified atom stereocenters. The van der Waals surface area contributed by atoms with E-state index in [4.69, 9.17) is 0 Å². The van der Waals surface area contributed by atoms with Crippen LogP contribution in [0.3, 0.4) is 0 Å². The van der Waals surface area contributed by atoms with E-state index >= 15 is 0 Å². The molecule has 1 nitrogen and oxygen atoms in total. The van der Waals surface area contributed by atoms with Crippen LogP contribution in [0.4, 0.5) is 22.0 Å². The molecule has 0 spiro atoms. The minimum atomic E-state index is -5.11. The van der Waals surface area contributed by atoms with Crippen LogP contribution in [0, 0.1) is 29.4 Å². The zero-order valence-corrected chi connectivity index (χ0v) is 13.5. The molecule has 3 rings (SSSR count). The Kier molecular flexibility index (Phi) is 4.76. The zero-order valence-electron chi connectivity index (χ0n) is 13.5. The molecular weight excluding hydrogens is 327 g/mol. The number of ether oxygens (including phenoxy) is 1. The Bertz CT molecular complexity index is 563. The third-order valence-corrected chi connectivity index (χ3v) is 5.52. The summed E-state index contributed by atoms with van der Waals surface area (Å²) < 4.78 is 67.4. The Labute approximate surface area is 138 Å². The van der Waals surface area contributed by atoms with E-state index in [1.807, 2.05) is 0 Å². The number of rotatable bonds is 5. The molecule has 6 heteroatoms. The van der Waals surface area contributed by atoms with E-state index in [1.54, 1.807) is 0 Å². The molecule has 1 aromatic rings. The lowest BCUT2D eigenvalue weighted by Gasteiger charge is -2.48. The van der Waals surface area contributed by atoms with Crippen molar-refractivity contribution in [1.82, 2.24) is 0 Å². The summed E-state index contributed by atoms with van der Waals surface area (Å²) in [6, 6.07) is 1.96. The molecule has 2 saturated carbocycles. The van der Waals surface area contributed by atoms with E-state index in [9.17, 15) is 22.0 Å². The molecule has 0 aliphatic heterocycles. The van der Waals surface area contributed by atoms with E-state index in [-0.39, 0.29) is 5.92 Å². The van der Waals surface area contributed by atoms with Crippen LogP contribution < -0.4 is 4.74 Å². The van der Waals surface area contributed by atoms with Gasteiger partial charge < -0.3 is 4.74 Å². The standard InChI is InChI=1S/C18H21F5O/c1-2-3-10-4-11(5-10)12-6-13(7-12)14-8-15(19)17(16(20)9-14)24-18(21,22)23/h8-13H,2-7H2,1H3. The largest absolute Gasteiger partial charge is 0.573 e. The number of benzene rings is 1. The monoisotopic (exact) mass is 348 g/mol. The van der Waals surface area contributed by atoms with Gasteiger partial charge in [-0.05, 0) is 67.1 Å². The van der Waals surface area contributed by atoms with Crippen molar-refractivity contribution < 1.29 is 26.7 Å². The predicted octanol–water partition coefficient (Wildman–Crippen LogP) is 6.18. The fourth-order valence-corrected chi connectivity index (χ4v) is 4.16. The third-order valence-electron chi connectivity index (χ3n) is 5.52. The van der Waals surface area contributed by atoms with Gasteiger partial charge >= 0.3 is 6.36 Å². The normalized spacial score (nSPS) is 29.8. The Morgan fingerprint density at radius 1 is 1.00 bits per heavy atom. The van der Waals surface area contributed by atoms with Gasteiger partial charge in [0, 0.05) is 0 Å². The van der Waals surface area contributed by atoms with E-state index in [2.05, 4.69) is 11.7 Å². The topological polar surface area (TPSA) is 9.23 Å². The highest BCUT2D eigenvalue weighted by Crippen LogP contribution is 2.53. The van der Waals surface area contributed by atoms with E-state index in [0.29, 0.717) is 17.4 Å². The highest BCUT2D eigenvalue weighted by Gasteiger charge is 2.42. The highest BCUT2D eigenvalue weighted by atomic mass is 19.4. The summed E-state index contributed by atoms with van der Waals surface area (Å²) >= 11 is 0. The predicted molar refractivity (Wildman–Crippen MR) is 79.6 cm³/mol. The Morgan fingerprint density at radius 2 is 1.54 bits per heavy atom. The second-order valence-corrected chi connectivity index (χ2v) is 7.18. The van der Waals surface area contributed by atoms with Gasteiger partial charge in [-0.15, -0.1) is 13.2 Å². The molecular formula is C18H21F5O. The summed E-state index contributed by atoms with van der Waals surface area (Å²) in [5.74, 6) is -1.81. The first-order chi connectivity index (χ1) is 11.3. The third kappa shape index (κ3) is 3.67. The quantitative estimate of drug-likeness (QED) is 0.577.